The van der Waals surface area contributed by atoms with Gasteiger partial charge in [0, 0.05) is 53.4 Å². The summed E-state index contributed by atoms with van der Waals surface area (Å²) in [6, 6.07) is 4.99. The predicted octanol–water partition coefficient (Wildman–Crippen LogP) is 8.24. The van der Waals surface area contributed by atoms with E-state index in [0.29, 0.717) is 21.9 Å². The van der Waals surface area contributed by atoms with E-state index in [9.17, 15) is 5.26 Å². The molecule has 0 amide bonds. The first kappa shape index (κ1) is 28.8. The molecule has 0 aliphatic heterocycles. The van der Waals surface area contributed by atoms with Crippen LogP contribution >= 0.6 is 11.6 Å². The first-order valence-electron chi connectivity index (χ1n) is 13.7. The van der Waals surface area contributed by atoms with Gasteiger partial charge in [-0.2, -0.15) is 5.26 Å². The molecule has 0 spiro atoms. The lowest BCUT2D eigenvalue weighted by Gasteiger charge is -2.57. The van der Waals surface area contributed by atoms with Gasteiger partial charge in [0.15, 0.2) is 0 Å². The van der Waals surface area contributed by atoms with Gasteiger partial charge in [-0.3, -0.25) is 0 Å². The molecule has 206 valence electrons. The summed E-state index contributed by atoms with van der Waals surface area (Å²) in [6.07, 6.45) is 1.65. The summed E-state index contributed by atoms with van der Waals surface area (Å²) in [6.45, 7) is 30.2. The Balaban J connectivity index is 2.09. The number of fused-ring (bicyclic) bond motifs is 3. The summed E-state index contributed by atoms with van der Waals surface area (Å²) in [5, 5.41) is 15.2. The van der Waals surface area contributed by atoms with Crippen molar-refractivity contribution in [3.05, 3.63) is 87.8 Å². The topological polar surface area (TPSA) is 65.1 Å². The number of nitriles is 1. The smallest absolute Gasteiger partial charge is 0.107 e. The Morgan fingerprint density at radius 2 is 1.87 bits per heavy atom. The van der Waals surface area contributed by atoms with Gasteiger partial charge in [0.1, 0.15) is 5.41 Å². The lowest BCUT2D eigenvalue weighted by atomic mass is 9.45. The Morgan fingerprint density at radius 3 is 2.36 bits per heavy atom. The SMILES string of the molecule is C=C(C)Nc1cc(N(C)C)c2c(c1C)C(=C)C1=C(C)[C@]3(C#N)C(=C)C(C(=C)N)=C(Cl)[C@@H](C(C)C)[C@@H]3C[C@]1(C)C2. The van der Waals surface area contributed by atoms with Gasteiger partial charge >= 0.3 is 0 Å². The number of rotatable bonds is 5. The van der Waals surface area contributed by atoms with Gasteiger partial charge in [-0.05, 0) is 95.9 Å². The highest BCUT2D eigenvalue weighted by Gasteiger charge is 2.60. The molecule has 0 fully saturated rings. The standard InChI is InChI=1S/C34H43ClN4/c1-17(2)28-25-15-33(10)14-24-27(39(11)12)13-26(38-18(3)4)19(5)29(24)20(6)31(33)22(8)34(25,16-36)21(7)30(23(9)37)32(28)35/h13,17,25,28,38H,3,6-7,9,14-15,37H2,1-2,4-5,8,10-12H3/t25-,28-,33-,34-/m0/s1. The predicted molar refractivity (Wildman–Crippen MR) is 167 cm³/mol. The zero-order valence-electron chi connectivity index (χ0n) is 24.9. The lowest BCUT2D eigenvalue weighted by molar-refractivity contribution is 0.116. The zero-order chi connectivity index (χ0) is 29.4. The van der Waals surface area contributed by atoms with Crippen LogP contribution in [0.3, 0.4) is 0 Å². The van der Waals surface area contributed by atoms with Gasteiger partial charge in [0.25, 0.3) is 0 Å². The highest BCUT2D eigenvalue weighted by Crippen LogP contribution is 2.68. The van der Waals surface area contributed by atoms with E-state index in [1.807, 2.05) is 6.92 Å². The fourth-order valence-corrected chi connectivity index (χ4v) is 8.61. The molecule has 4 atom stereocenters. The average molecular weight is 543 g/mol. The monoisotopic (exact) mass is 542 g/mol. The molecule has 1 aromatic carbocycles. The Morgan fingerprint density at radius 1 is 1.26 bits per heavy atom. The van der Waals surface area contributed by atoms with Gasteiger partial charge < -0.3 is 16.0 Å². The molecule has 5 heteroatoms. The summed E-state index contributed by atoms with van der Waals surface area (Å²) in [7, 11) is 4.18. The van der Waals surface area contributed by atoms with Crippen LogP contribution in [0.25, 0.3) is 5.57 Å². The number of hydrogen-bond acceptors (Lipinski definition) is 4. The number of hydrogen-bond donors (Lipinski definition) is 2. The van der Waals surface area contributed by atoms with Gasteiger partial charge in [-0.25, -0.2) is 0 Å². The molecular weight excluding hydrogens is 500 g/mol. The normalized spacial score (nSPS) is 28.0. The van der Waals surface area contributed by atoms with Crippen molar-refractivity contribution in [1.29, 1.82) is 5.26 Å². The van der Waals surface area contributed by atoms with Gasteiger partial charge in [-0.15, -0.1) is 0 Å². The molecule has 1 aromatic rings. The van der Waals surface area contributed by atoms with Crippen LogP contribution in [0.1, 0.15) is 57.7 Å². The van der Waals surface area contributed by atoms with E-state index < -0.39 is 5.41 Å². The number of benzene rings is 1. The second kappa shape index (κ2) is 9.49. The molecule has 3 N–H and O–H groups in total. The third-order valence-electron chi connectivity index (χ3n) is 9.43. The molecular formula is C34H43ClN4. The molecule has 3 aliphatic rings. The highest BCUT2D eigenvalue weighted by atomic mass is 35.5. The van der Waals surface area contributed by atoms with Crippen molar-refractivity contribution >= 4 is 28.5 Å². The summed E-state index contributed by atoms with van der Waals surface area (Å²) >= 11 is 7.11. The number of nitrogens with zero attached hydrogens (tertiary/aromatic N) is 2. The first-order chi connectivity index (χ1) is 18.0. The molecule has 0 bridgehead atoms. The van der Waals surface area contributed by atoms with E-state index in [1.54, 1.807) is 0 Å². The van der Waals surface area contributed by atoms with E-state index in [2.05, 4.69) is 90.8 Å². The minimum atomic E-state index is -0.938. The Bertz CT molecular complexity index is 1450. The highest BCUT2D eigenvalue weighted by molar-refractivity contribution is 6.31. The van der Waals surface area contributed by atoms with Gasteiger partial charge in [0.2, 0.25) is 0 Å². The average Bonchev–Trinajstić information content (AvgIpc) is 2.79. The van der Waals surface area contributed by atoms with Crippen molar-refractivity contribution in [2.75, 3.05) is 24.3 Å². The number of anilines is 2. The fraction of sp³-hybridized carbons (Fsp3) is 0.441. The van der Waals surface area contributed by atoms with Crippen LogP contribution in [0.4, 0.5) is 11.4 Å². The van der Waals surface area contributed by atoms with Crippen LogP contribution in [0.2, 0.25) is 0 Å². The maximum atomic E-state index is 11.0. The van der Waals surface area contributed by atoms with Crippen molar-refractivity contribution < 1.29 is 0 Å². The van der Waals surface area contributed by atoms with E-state index in [4.69, 9.17) is 23.9 Å². The summed E-state index contributed by atoms with van der Waals surface area (Å²) in [5.74, 6) is 0.138. The Kier molecular flexibility index (Phi) is 7.02. The third-order valence-corrected chi connectivity index (χ3v) is 9.87. The molecule has 0 saturated heterocycles. The Labute approximate surface area is 240 Å². The molecule has 39 heavy (non-hydrogen) atoms. The maximum absolute atomic E-state index is 11.0. The van der Waals surface area contributed by atoms with E-state index >= 15 is 0 Å². The van der Waals surface area contributed by atoms with Crippen LogP contribution in [-0.2, 0) is 6.42 Å². The second-order valence-corrected chi connectivity index (χ2v) is 13.1. The molecule has 4 rings (SSSR count). The molecule has 4 nitrogen and oxygen atoms in total. The van der Waals surface area contributed by atoms with Crippen LogP contribution in [0.5, 0.6) is 0 Å². The number of nitrogens with two attached hydrogens (primary N) is 1. The van der Waals surface area contributed by atoms with Crippen LogP contribution in [-0.4, -0.2) is 14.1 Å². The zero-order valence-corrected chi connectivity index (χ0v) is 25.7. The number of allylic oxidation sites excluding steroid dienone is 6. The number of halogens is 1. The summed E-state index contributed by atoms with van der Waals surface area (Å²) in [5.41, 5.74) is 16.7. The first-order valence-corrected chi connectivity index (χ1v) is 14.1. The summed E-state index contributed by atoms with van der Waals surface area (Å²) < 4.78 is 0. The van der Waals surface area contributed by atoms with E-state index in [-0.39, 0.29) is 23.2 Å². The van der Waals surface area contributed by atoms with Crippen molar-refractivity contribution in [3.8, 4) is 6.07 Å². The Hall–Kier alpha value is -3.16. The second-order valence-electron chi connectivity index (χ2n) is 12.7. The lowest BCUT2D eigenvalue weighted by Crippen LogP contribution is -2.51. The largest absolute Gasteiger partial charge is 0.399 e. The summed E-state index contributed by atoms with van der Waals surface area (Å²) in [4.78, 5) is 2.18. The third kappa shape index (κ3) is 3.93. The molecule has 0 radical (unpaired) electrons. The maximum Gasteiger partial charge on any atom is 0.107 e. The van der Waals surface area contributed by atoms with Crippen molar-refractivity contribution in [2.45, 2.75) is 54.4 Å². The minimum absolute atomic E-state index is 0.0349. The molecule has 0 unspecified atom stereocenters. The number of nitrogens with one attached hydrogen (secondary N) is 1. The van der Waals surface area contributed by atoms with Crippen LogP contribution < -0.4 is 16.0 Å². The molecule has 0 heterocycles. The molecule has 3 aliphatic carbocycles. The van der Waals surface area contributed by atoms with Crippen molar-refractivity contribution in [2.24, 2.45) is 34.3 Å². The minimum Gasteiger partial charge on any atom is -0.399 e. The quantitative estimate of drug-likeness (QED) is 0.393. The molecule has 0 saturated carbocycles. The van der Waals surface area contributed by atoms with Gasteiger partial charge in [-0.1, -0.05) is 58.7 Å². The van der Waals surface area contributed by atoms with E-state index in [0.717, 1.165) is 52.1 Å². The van der Waals surface area contributed by atoms with Crippen LogP contribution in [0, 0.1) is 46.8 Å². The van der Waals surface area contributed by atoms with Crippen molar-refractivity contribution in [1.82, 2.24) is 0 Å². The van der Waals surface area contributed by atoms with E-state index in [1.165, 1.54) is 11.3 Å². The fourth-order valence-electron chi connectivity index (χ4n) is 7.97. The van der Waals surface area contributed by atoms with Crippen LogP contribution in [0.15, 0.2) is 71.1 Å². The molecule has 0 aromatic heterocycles. The van der Waals surface area contributed by atoms with Crippen molar-refractivity contribution in [3.63, 3.8) is 0 Å². The van der Waals surface area contributed by atoms with Gasteiger partial charge in [0.05, 0.1) is 6.07 Å².